The Morgan fingerprint density at radius 2 is 1.74 bits per heavy atom. The summed E-state index contributed by atoms with van der Waals surface area (Å²) in [6.07, 6.45) is 0. The number of methoxy groups -OCH3 is 1. The van der Waals surface area contributed by atoms with Crippen LogP contribution in [0.3, 0.4) is 0 Å². The van der Waals surface area contributed by atoms with Crippen LogP contribution >= 0.6 is 15.9 Å². The van der Waals surface area contributed by atoms with Crippen molar-refractivity contribution in [3.05, 3.63) is 81.3 Å². The monoisotopic (exact) mass is 563 g/mol. The standard InChI is InChI=1S/C23H22BrN3O7S/c1-3-34-19-9-6-17(7-10-19)26(35(31,32)20-11-4-16(24)5-12-20)15-23(28)25-21-14-18(27(29)30)8-13-22(21)33-2/h4-14H,3,15H2,1-2H3,(H,25,28). The molecular formula is C23H22BrN3O7S. The summed E-state index contributed by atoms with van der Waals surface area (Å²) >= 11 is 3.28. The van der Waals surface area contributed by atoms with E-state index in [4.69, 9.17) is 9.47 Å². The Morgan fingerprint density at radius 1 is 1.09 bits per heavy atom. The summed E-state index contributed by atoms with van der Waals surface area (Å²) in [4.78, 5) is 23.5. The van der Waals surface area contributed by atoms with Gasteiger partial charge in [0.2, 0.25) is 5.91 Å². The first-order valence-electron chi connectivity index (χ1n) is 10.3. The third kappa shape index (κ3) is 6.28. The van der Waals surface area contributed by atoms with Gasteiger partial charge in [-0.3, -0.25) is 19.2 Å². The maximum Gasteiger partial charge on any atom is 0.271 e. The molecule has 0 bridgehead atoms. The molecule has 12 heteroatoms. The summed E-state index contributed by atoms with van der Waals surface area (Å²) in [5, 5.41) is 13.7. The second kappa shape index (κ2) is 11.2. The Hall–Kier alpha value is -3.64. The molecule has 1 N–H and O–H groups in total. The highest BCUT2D eigenvalue weighted by Gasteiger charge is 2.28. The number of nitro benzene ring substituents is 1. The highest BCUT2D eigenvalue weighted by atomic mass is 79.9. The van der Waals surface area contributed by atoms with Crippen molar-refractivity contribution in [1.82, 2.24) is 0 Å². The smallest absolute Gasteiger partial charge is 0.271 e. The quantitative estimate of drug-likeness (QED) is 0.282. The summed E-state index contributed by atoms with van der Waals surface area (Å²) in [6.45, 7) is 1.66. The van der Waals surface area contributed by atoms with Gasteiger partial charge in [0.15, 0.2) is 0 Å². The maximum atomic E-state index is 13.5. The number of rotatable bonds is 10. The molecule has 0 heterocycles. The van der Waals surface area contributed by atoms with E-state index < -0.39 is 27.4 Å². The molecule has 3 aromatic rings. The molecule has 3 rings (SSSR count). The zero-order chi connectivity index (χ0) is 25.6. The Balaban J connectivity index is 1.97. The van der Waals surface area contributed by atoms with Crippen molar-refractivity contribution in [3.63, 3.8) is 0 Å². The van der Waals surface area contributed by atoms with Crippen molar-refractivity contribution in [2.45, 2.75) is 11.8 Å². The van der Waals surface area contributed by atoms with E-state index in [1.54, 1.807) is 24.3 Å². The molecule has 0 radical (unpaired) electrons. The van der Waals surface area contributed by atoms with E-state index in [2.05, 4.69) is 21.2 Å². The van der Waals surface area contributed by atoms with Gasteiger partial charge in [-0.25, -0.2) is 8.42 Å². The maximum absolute atomic E-state index is 13.5. The first kappa shape index (κ1) is 26.0. The Kier molecular flexibility index (Phi) is 8.30. The number of halogens is 1. The lowest BCUT2D eigenvalue weighted by Crippen LogP contribution is -2.38. The van der Waals surface area contributed by atoms with Crippen LogP contribution < -0.4 is 19.1 Å². The van der Waals surface area contributed by atoms with Crippen LogP contribution in [0.4, 0.5) is 17.1 Å². The van der Waals surface area contributed by atoms with E-state index in [0.29, 0.717) is 16.8 Å². The lowest BCUT2D eigenvalue weighted by Gasteiger charge is -2.24. The van der Waals surface area contributed by atoms with Gasteiger partial charge in [-0.15, -0.1) is 0 Å². The van der Waals surface area contributed by atoms with E-state index in [9.17, 15) is 23.3 Å². The van der Waals surface area contributed by atoms with E-state index in [1.165, 1.54) is 43.5 Å². The fraction of sp³-hybridized carbons (Fsp3) is 0.174. The van der Waals surface area contributed by atoms with E-state index >= 15 is 0 Å². The average molecular weight is 564 g/mol. The van der Waals surface area contributed by atoms with Gasteiger partial charge in [0.05, 0.1) is 34.9 Å². The number of sulfonamides is 1. The number of hydrogen-bond acceptors (Lipinski definition) is 7. The first-order valence-corrected chi connectivity index (χ1v) is 12.5. The molecule has 1 amide bonds. The number of anilines is 2. The molecule has 0 saturated heterocycles. The summed E-state index contributed by atoms with van der Waals surface area (Å²) in [6, 6.07) is 16.0. The number of hydrogen-bond donors (Lipinski definition) is 1. The largest absolute Gasteiger partial charge is 0.495 e. The molecule has 0 aliphatic rings. The van der Waals surface area contributed by atoms with E-state index in [0.717, 1.165) is 10.4 Å². The van der Waals surface area contributed by atoms with Gasteiger partial charge in [0.1, 0.15) is 18.0 Å². The minimum absolute atomic E-state index is 0.0182. The van der Waals surface area contributed by atoms with Gasteiger partial charge in [0.25, 0.3) is 15.7 Å². The highest BCUT2D eigenvalue weighted by Crippen LogP contribution is 2.30. The number of benzene rings is 3. The van der Waals surface area contributed by atoms with Crippen molar-refractivity contribution < 1.29 is 27.6 Å². The Morgan fingerprint density at radius 3 is 2.31 bits per heavy atom. The van der Waals surface area contributed by atoms with Crippen LogP contribution in [-0.2, 0) is 14.8 Å². The zero-order valence-electron chi connectivity index (χ0n) is 18.8. The number of non-ortho nitro benzene ring substituents is 1. The topological polar surface area (TPSA) is 128 Å². The highest BCUT2D eigenvalue weighted by molar-refractivity contribution is 9.10. The predicted octanol–water partition coefficient (Wildman–Crippen LogP) is 4.60. The minimum Gasteiger partial charge on any atom is -0.495 e. The first-order chi connectivity index (χ1) is 16.6. The van der Waals surface area contributed by atoms with Gasteiger partial charge in [-0.2, -0.15) is 0 Å². The van der Waals surface area contributed by atoms with Gasteiger partial charge in [0, 0.05) is 16.6 Å². The molecule has 0 atom stereocenters. The molecule has 0 spiro atoms. The summed E-state index contributed by atoms with van der Waals surface area (Å²) in [5.41, 5.74) is 0.0175. The zero-order valence-corrected chi connectivity index (χ0v) is 21.2. The van der Waals surface area contributed by atoms with Gasteiger partial charge >= 0.3 is 0 Å². The molecular weight excluding hydrogens is 542 g/mol. The third-order valence-corrected chi connectivity index (χ3v) is 7.11. The molecule has 184 valence electrons. The van der Waals surface area contributed by atoms with Crippen molar-refractivity contribution >= 4 is 48.9 Å². The number of nitro groups is 1. The van der Waals surface area contributed by atoms with Crippen LogP contribution in [0.2, 0.25) is 0 Å². The fourth-order valence-electron chi connectivity index (χ4n) is 3.15. The number of nitrogens with one attached hydrogen (secondary N) is 1. The molecule has 35 heavy (non-hydrogen) atoms. The lowest BCUT2D eigenvalue weighted by atomic mass is 10.2. The van der Waals surface area contributed by atoms with Crippen LogP contribution in [0.1, 0.15) is 6.92 Å². The van der Waals surface area contributed by atoms with Gasteiger partial charge in [-0.05, 0) is 61.5 Å². The SMILES string of the molecule is CCOc1ccc(N(CC(=O)Nc2cc([N+](=O)[O-])ccc2OC)S(=O)(=O)c2ccc(Br)cc2)cc1. The fourth-order valence-corrected chi connectivity index (χ4v) is 4.84. The van der Waals surface area contributed by atoms with Crippen LogP contribution in [0.15, 0.2) is 76.1 Å². The molecule has 10 nitrogen and oxygen atoms in total. The minimum atomic E-state index is -4.15. The molecule has 0 saturated carbocycles. The molecule has 0 aromatic heterocycles. The summed E-state index contributed by atoms with van der Waals surface area (Å²) in [5.74, 6) is 0.00808. The van der Waals surface area contributed by atoms with Crippen LogP contribution in [0, 0.1) is 10.1 Å². The normalized spacial score (nSPS) is 10.9. The van der Waals surface area contributed by atoms with Crippen LogP contribution in [-0.4, -0.2) is 39.5 Å². The number of ether oxygens (including phenoxy) is 2. The summed E-state index contributed by atoms with van der Waals surface area (Å²) in [7, 11) is -2.80. The van der Waals surface area contributed by atoms with Crippen molar-refractivity contribution in [3.8, 4) is 11.5 Å². The number of amides is 1. The number of carbonyl (C=O) groups is 1. The molecule has 0 aliphatic heterocycles. The lowest BCUT2D eigenvalue weighted by molar-refractivity contribution is -0.384. The Bertz CT molecular complexity index is 1310. The molecule has 0 aliphatic carbocycles. The van der Waals surface area contributed by atoms with E-state index in [1.807, 2.05) is 6.92 Å². The third-order valence-electron chi connectivity index (χ3n) is 4.79. The van der Waals surface area contributed by atoms with Gasteiger partial charge in [-0.1, -0.05) is 15.9 Å². The summed E-state index contributed by atoms with van der Waals surface area (Å²) < 4.78 is 39.2. The number of carbonyl (C=O) groups excluding carboxylic acids is 1. The second-order valence-corrected chi connectivity index (χ2v) is 9.86. The number of nitrogens with zero attached hydrogens (tertiary/aromatic N) is 2. The van der Waals surface area contributed by atoms with Crippen molar-refractivity contribution in [2.24, 2.45) is 0 Å². The van der Waals surface area contributed by atoms with E-state index in [-0.39, 0.29) is 27.7 Å². The molecule has 3 aromatic carbocycles. The van der Waals surface area contributed by atoms with Crippen molar-refractivity contribution in [2.75, 3.05) is 29.9 Å². The molecule has 0 fully saturated rings. The van der Waals surface area contributed by atoms with Crippen LogP contribution in [0.5, 0.6) is 11.5 Å². The van der Waals surface area contributed by atoms with Gasteiger partial charge < -0.3 is 14.8 Å². The average Bonchev–Trinajstić information content (AvgIpc) is 2.83. The van der Waals surface area contributed by atoms with Crippen molar-refractivity contribution in [1.29, 1.82) is 0 Å². The Labute approximate surface area is 210 Å². The molecule has 0 unspecified atom stereocenters. The second-order valence-electron chi connectivity index (χ2n) is 7.08. The van der Waals surface area contributed by atoms with Crippen LogP contribution in [0.25, 0.3) is 0 Å². The predicted molar refractivity (Wildman–Crippen MR) is 135 cm³/mol.